The van der Waals surface area contributed by atoms with E-state index in [1.54, 1.807) is 6.20 Å². The summed E-state index contributed by atoms with van der Waals surface area (Å²) in [5.41, 5.74) is 3.07. The molecule has 1 unspecified atom stereocenters. The SMILES string of the molecule is BC=C(c1ccccc1Cl)c1ccccc1Cl.CCC(Cn1ccnc1)C1OCCO1. The number of hydrogen-bond donors (Lipinski definition) is 0. The average Bonchev–Trinajstić information content (AvgIpc) is 3.50. The van der Waals surface area contributed by atoms with Crippen LogP contribution in [0.2, 0.25) is 10.0 Å². The van der Waals surface area contributed by atoms with Crippen molar-refractivity contribution in [2.24, 2.45) is 5.92 Å². The number of benzene rings is 2. The van der Waals surface area contributed by atoms with E-state index in [1.165, 1.54) is 0 Å². The highest BCUT2D eigenvalue weighted by Crippen LogP contribution is 2.32. The van der Waals surface area contributed by atoms with E-state index in [2.05, 4.69) is 16.5 Å². The first-order chi connectivity index (χ1) is 15.1. The van der Waals surface area contributed by atoms with E-state index in [-0.39, 0.29) is 6.29 Å². The van der Waals surface area contributed by atoms with Gasteiger partial charge < -0.3 is 14.0 Å². The highest BCUT2D eigenvalue weighted by molar-refractivity contribution is 6.35. The molecule has 0 N–H and O–H groups in total. The Morgan fingerprint density at radius 1 is 1.10 bits per heavy atom. The van der Waals surface area contributed by atoms with Crippen LogP contribution < -0.4 is 0 Å². The Hall–Kier alpha value is -2.05. The maximum absolute atomic E-state index is 6.22. The van der Waals surface area contributed by atoms with Gasteiger partial charge in [-0.2, -0.15) is 0 Å². The lowest BCUT2D eigenvalue weighted by Gasteiger charge is -2.20. The predicted octanol–water partition coefficient (Wildman–Crippen LogP) is 5.30. The molecule has 1 aromatic heterocycles. The van der Waals surface area contributed by atoms with Crippen molar-refractivity contribution in [2.45, 2.75) is 26.2 Å². The smallest absolute Gasteiger partial charge is 0.162 e. The summed E-state index contributed by atoms with van der Waals surface area (Å²) in [5.74, 6) is 2.45. The van der Waals surface area contributed by atoms with E-state index in [9.17, 15) is 0 Å². The van der Waals surface area contributed by atoms with Gasteiger partial charge in [0.15, 0.2) is 6.29 Å². The van der Waals surface area contributed by atoms with Gasteiger partial charge in [0.05, 0.1) is 19.5 Å². The lowest BCUT2D eigenvalue weighted by Crippen LogP contribution is -2.25. The molecule has 1 atom stereocenters. The maximum Gasteiger partial charge on any atom is 0.162 e. The van der Waals surface area contributed by atoms with E-state index in [0.717, 1.165) is 52.9 Å². The standard InChI is InChI=1S/C14H11BCl2.C10H16N2O2/c15-9-12(10-5-1-3-7-13(10)16)11-6-2-4-8-14(11)17;1-2-9(10-13-5-6-14-10)7-12-4-3-11-8-12/h1-9H,15H2;3-4,8-10H,2,5-7H2,1H3. The predicted molar refractivity (Wildman–Crippen MR) is 130 cm³/mol. The summed E-state index contributed by atoms with van der Waals surface area (Å²) in [6.07, 6.45) is 6.63. The molecule has 1 aliphatic heterocycles. The van der Waals surface area contributed by atoms with Crippen LogP contribution in [0.5, 0.6) is 0 Å². The zero-order valence-corrected chi connectivity index (χ0v) is 19.4. The monoisotopic (exact) mass is 456 g/mol. The number of ether oxygens (including phenoxy) is 2. The van der Waals surface area contributed by atoms with E-state index >= 15 is 0 Å². The average molecular weight is 457 g/mol. The summed E-state index contributed by atoms with van der Waals surface area (Å²) in [6.45, 7) is 4.53. The van der Waals surface area contributed by atoms with Crippen LogP contribution in [0.15, 0.2) is 73.2 Å². The lowest BCUT2D eigenvalue weighted by atomic mass is 9.92. The minimum absolute atomic E-state index is 0.0256. The number of aromatic nitrogens is 2. The molecule has 0 spiro atoms. The molecular formula is C24H27BCl2N2O2. The van der Waals surface area contributed by atoms with E-state index in [4.69, 9.17) is 32.7 Å². The lowest BCUT2D eigenvalue weighted by molar-refractivity contribution is -0.0884. The van der Waals surface area contributed by atoms with Crippen LogP contribution in [0.3, 0.4) is 0 Å². The molecule has 2 heterocycles. The molecular weight excluding hydrogens is 430 g/mol. The highest BCUT2D eigenvalue weighted by Gasteiger charge is 2.25. The zero-order chi connectivity index (χ0) is 22.1. The third-order valence-electron chi connectivity index (χ3n) is 5.18. The van der Waals surface area contributed by atoms with Crippen LogP contribution in [0, 0.1) is 5.92 Å². The highest BCUT2D eigenvalue weighted by atomic mass is 35.5. The molecule has 4 nitrogen and oxygen atoms in total. The Morgan fingerprint density at radius 2 is 1.68 bits per heavy atom. The molecule has 0 aliphatic carbocycles. The molecule has 0 bridgehead atoms. The number of nitrogens with zero attached hydrogens (tertiary/aromatic N) is 2. The number of hydrogen-bond acceptors (Lipinski definition) is 3. The Morgan fingerprint density at radius 3 is 2.13 bits per heavy atom. The van der Waals surface area contributed by atoms with Crippen LogP contribution in [0.4, 0.5) is 0 Å². The van der Waals surface area contributed by atoms with Gasteiger partial charge in [0, 0.05) is 34.9 Å². The molecule has 7 heteroatoms. The molecule has 2 aromatic carbocycles. The first-order valence-corrected chi connectivity index (χ1v) is 11.2. The van der Waals surface area contributed by atoms with Gasteiger partial charge in [-0.25, -0.2) is 4.98 Å². The fourth-order valence-electron chi connectivity index (χ4n) is 3.54. The van der Waals surface area contributed by atoms with E-state index in [0.29, 0.717) is 5.92 Å². The second kappa shape index (κ2) is 12.1. The Balaban J connectivity index is 0.000000179. The third kappa shape index (κ3) is 6.47. The van der Waals surface area contributed by atoms with Gasteiger partial charge in [-0.15, -0.1) is 5.98 Å². The van der Waals surface area contributed by atoms with Gasteiger partial charge in [-0.1, -0.05) is 66.5 Å². The van der Waals surface area contributed by atoms with Crippen LogP contribution in [0.25, 0.3) is 5.57 Å². The second-order valence-electron chi connectivity index (χ2n) is 7.20. The van der Waals surface area contributed by atoms with Crippen molar-refractivity contribution < 1.29 is 9.47 Å². The number of halogens is 2. The topological polar surface area (TPSA) is 36.3 Å². The molecule has 162 valence electrons. The first-order valence-electron chi connectivity index (χ1n) is 10.5. The van der Waals surface area contributed by atoms with Gasteiger partial charge in [0.2, 0.25) is 0 Å². The van der Waals surface area contributed by atoms with Crippen LogP contribution >= 0.6 is 23.2 Å². The molecule has 0 saturated carbocycles. The van der Waals surface area contributed by atoms with Crippen LogP contribution in [0.1, 0.15) is 24.5 Å². The Bertz CT molecular complexity index is 926. The quantitative estimate of drug-likeness (QED) is 0.472. The molecule has 3 aromatic rings. The first kappa shape index (κ1) is 23.6. The molecule has 1 aliphatic rings. The van der Waals surface area contributed by atoms with Crippen molar-refractivity contribution in [3.8, 4) is 0 Å². The van der Waals surface area contributed by atoms with Gasteiger partial charge in [-0.3, -0.25) is 0 Å². The second-order valence-corrected chi connectivity index (χ2v) is 8.01. The molecule has 4 rings (SSSR count). The Kier molecular flexibility index (Phi) is 9.22. The van der Waals surface area contributed by atoms with Crippen LogP contribution in [-0.4, -0.2) is 36.9 Å². The van der Waals surface area contributed by atoms with Gasteiger partial charge in [-0.05, 0) is 35.3 Å². The molecule has 0 amide bonds. The largest absolute Gasteiger partial charge is 0.350 e. The van der Waals surface area contributed by atoms with Gasteiger partial charge >= 0.3 is 0 Å². The Labute approximate surface area is 195 Å². The number of rotatable bonds is 6. The van der Waals surface area contributed by atoms with Gasteiger partial charge in [0.25, 0.3) is 0 Å². The van der Waals surface area contributed by atoms with Crippen molar-refractivity contribution in [3.05, 3.63) is 94.4 Å². The van der Waals surface area contributed by atoms with Crippen molar-refractivity contribution >= 4 is 36.6 Å². The van der Waals surface area contributed by atoms with Crippen molar-refractivity contribution in [2.75, 3.05) is 13.2 Å². The van der Waals surface area contributed by atoms with E-state index in [1.807, 2.05) is 74.9 Å². The van der Waals surface area contributed by atoms with Crippen molar-refractivity contribution in [1.82, 2.24) is 9.55 Å². The minimum atomic E-state index is -0.0256. The van der Waals surface area contributed by atoms with Gasteiger partial charge in [0.1, 0.15) is 7.85 Å². The summed E-state index contributed by atoms with van der Waals surface area (Å²) in [7, 11) is 1.99. The fourth-order valence-corrected chi connectivity index (χ4v) is 4.01. The summed E-state index contributed by atoms with van der Waals surface area (Å²) < 4.78 is 13.1. The molecule has 31 heavy (non-hydrogen) atoms. The molecule has 1 saturated heterocycles. The summed E-state index contributed by atoms with van der Waals surface area (Å²) in [6, 6.07) is 15.6. The summed E-state index contributed by atoms with van der Waals surface area (Å²) >= 11 is 12.4. The van der Waals surface area contributed by atoms with Crippen molar-refractivity contribution in [1.29, 1.82) is 0 Å². The summed E-state index contributed by atoms with van der Waals surface area (Å²) in [4.78, 5) is 4.02. The normalized spacial score (nSPS) is 14.5. The van der Waals surface area contributed by atoms with E-state index < -0.39 is 0 Å². The zero-order valence-electron chi connectivity index (χ0n) is 17.9. The number of imidazole rings is 1. The summed E-state index contributed by atoms with van der Waals surface area (Å²) in [5, 5.41) is 1.47. The fraction of sp³-hybridized carbons (Fsp3) is 0.292. The van der Waals surface area contributed by atoms with Crippen molar-refractivity contribution in [3.63, 3.8) is 0 Å². The molecule has 0 radical (unpaired) electrons. The minimum Gasteiger partial charge on any atom is -0.350 e. The third-order valence-corrected chi connectivity index (χ3v) is 5.84. The maximum atomic E-state index is 6.22. The van der Waals surface area contributed by atoms with Crippen LogP contribution in [-0.2, 0) is 16.0 Å². The molecule has 1 fully saturated rings.